The van der Waals surface area contributed by atoms with Crippen molar-refractivity contribution in [2.24, 2.45) is 11.8 Å². The Balaban J connectivity index is 1.14. The first-order valence-electron chi connectivity index (χ1n) is 14.1. The second kappa shape index (κ2) is 10.3. The summed E-state index contributed by atoms with van der Waals surface area (Å²) in [6.07, 6.45) is 8.20. The third-order valence-corrected chi connectivity index (χ3v) is 9.04. The van der Waals surface area contributed by atoms with Crippen LogP contribution in [-0.4, -0.2) is 61.7 Å². The number of anilines is 1. The van der Waals surface area contributed by atoms with Crippen LogP contribution in [0.5, 0.6) is 6.01 Å². The topological polar surface area (TPSA) is 119 Å². The van der Waals surface area contributed by atoms with Crippen molar-refractivity contribution in [3.63, 3.8) is 0 Å². The number of amides is 2. The molecule has 214 valence electrons. The first kappa shape index (κ1) is 26.8. The Morgan fingerprint density at radius 3 is 2.60 bits per heavy atom. The molecular formula is C31H29BrN6O4. The zero-order chi connectivity index (χ0) is 29.1. The third-order valence-electron chi connectivity index (χ3n) is 8.60. The normalized spacial score (nSPS) is 20.8. The van der Waals surface area contributed by atoms with Gasteiger partial charge in [-0.2, -0.15) is 0 Å². The number of benzene rings is 1. The SMILES string of the molecule is COc1ncc(-c2ccc3c(c2)c(C(C)=O)cn3CC(=O)N2C[C@H]3C[C@H]3[C@H]2C(=O)Nc2nc(Br)ccc2C2CC2)cn1. The Hall–Kier alpha value is -4.12. The molecule has 11 heteroatoms. The van der Waals surface area contributed by atoms with E-state index < -0.39 is 6.04 Å². The van der Waals surface area contributed by atoms with Gasteiger partial charge < -0.3 is 19.5 Å². The summed E-state index contributed by atoms with van der Waals surface area (Å²) in [6, 6.07) is 9.39. The fourth-order valence-electron chi connectivity index (χ4n) is 6.21. The van der Waals surface area contributed by atoms with Crippen LogP contribution >= 0.6 is 15.9 Å². The molecule has 1 aromatic carbocycles. The van der Waals surface area contributed by atoms with E-state index >= 15 is 0 Å². The van der Waals surface area contributed by atoms with Gasteiger partial charge in [-0.25, -0.2) is 15.0 Å². The monoisotopic (exact) mass is 628 g/mol. The molecule has 4 aromatic rings. The number of carbonyl (C=O) groups excluding carboxylic acids is 3. The smallest absolute Gasteiger partial charge is 0.316 e. The standard InChI is InChI=1S/C31H29BrN6O4/c1-16(39)24-14-37(25-7-5-18(9-23(24)25)20-11-33-31(42-2)34-12-20)15-27(40)38-13-19-10-22(19)28(38)30(41)36-29-21(17-3-4-17)6-8-26(32)35-29/h5-9,11-12,14,17,19,22,28H,3-4,10,13,15H2,1-2H3,(H,35,36,41)/t19-,22-,28+/m1/s1. The molecule has 2 amide bonds. The van der Waals surface area contributed by atoms with Crippen LogP contribution in [0.15, 0.2) is 53.5 Å². The number of pyridine rings is 1. The molecule has 1 N–H and O–H groups in total. The van der Waals surface area contributed by atoms with E-state index in [0.29, 0.717) is 34.4 Å². The number of Topliss-reactive ketones (excluding diaryl/α,β-unsaturated/α-hetero) is 1. The summed E-state index contributed by atoms with van der Waals surface area (Å²) >= 11 is 3.42. The molecule has 3 aliphatic rings. The van der Waals surface area contributed by atoms with E-state index in [1.54, 1.807) is 23.5 Å². The van der Waals surface area contributed by atoms with E-state index in [9.17, 15) is 14.4 Å². The number of methoxy groups -OCH3 is 1. The van der Waals surface area contributed by atoms with Gasteiger partial charge in [-0.1, -0.05) is 12.1 Å². The molecule has 42 heavy (non-hydrogen) atoms. The first-order chi connectivity index (χ1) is 20.3. The summed E-state index contributed by atoms with van der Waals surface area (Å²) in [7, 11) is 1.51. The Kier molecular flexibility index (Phi) is 6.56. The predicted octanol–water partition coefficient (Wildman–Crippen LogP) is 4.83. The number of hydrogen-bond acceptors (Lipinski definition) is 7. The Bertz CT molecular complexity index is 1750. The highest BCUT2D eigenvalue weighted by Crippen LogP contribution is 2.50. The number of carbonyl (C=O) groups is 3. The summed E-state index contributed by atoms with van der Waals surface area (Å²) in [4.78, 5) is 54.6. The molecule has 3 atom stereocenters. The molecule has 0 bridgehead atoms. The number of likely N-dealkylation sites (tertiary alicyclic amines) is 1. The minimum Gasteiger partial charge on any atom is -0.467 e. The number of ketones is 1. The van der Waals surface area contributed by atoms with Gasteiger partial charge >= 0.3 is 6.01 Å². The number of nitrogens with one attached hydrogen (secondary N) is 1. The molecule has 1 saturated heterocycles. The summed E-state index contributed by atoms with van der Waals surface area (Å²) in [5.74, 6) is 1.07. The predicted molar refractivity (Wildman–Crippen MR) is 159 cm³/mol. The molecule has 0 spiro atoms. The largest absolute Gasteiger partial charge is 0.467 e. The number of ether oxygens (including phenoxy) is 1. The van der Waals surface area contributed by atoms with Gasteiger partial charge in [0, 0.05) is 47.2 Å². The Morgan fingerprint density at radius 2 is 1.88 bits per heavy atom. The maximum atomic E-state index is 13.7. The molecule has 1 aliphatic heterocycles. The molecule has 2 aliphatic carbocycles. The van der Waals surface area contributed by atoms with Gasteiger partial charge in [-0.3, -0.25) is 14.4 Å². The number of piperidine rings is 1. The highest BCUT2D eigenvalue weighted by molar-refractivity contribution is 9.10. The van der Waals surface area contributed by atoms with Crippen molar-refractivity contribution in [2.75, 3.05) is 19.0 Å². The van der Waals surface area contributed by atoms with Gasteiger partial charge in [-0.15, -0.1) is 0 Å². The van der Waals surface area contributed by atoms with E-state index in [1.807, 2.05) is 34.9 Å². The highest BCUT2D eigenvalue weighted by atomic mass is 79.9. The first-order valence-corrected chi connectivity index (χ1v) is 14.9. The zero-order valence-corrected chi connectivity index (χ0v) is 24.8. The molecule has 7 rings (SSSR count). The molecule has 4 heterocycles. The van der Waals surface area contributed by atoms with E-state index in [1.165, 1.54) is 14.0 Å². The van der Waals surface area contributed by atoms with Gasteiger partial charge in [0.1, 0.15) is 23.0 Å². The number of nitrogens with zero attached hydrogens (tertiary/aromatic N) is 5. The van der Waals surface area contributed by atoms with Gasteiger partial charge in [0.05, 0.1) is 7.11 Å². The lowest BCUT2D eigenvalue weighted by molar-refractivity contribution is -0.138. The summed E-state index contributed by atoms with van der Waals surface area (Å²) in [5.41, 5.74) is 3.97. The maximum Gasteiger partial charge on any atom is 0.316 e. The molecule has 2 saturated carbocycles. The molecule has 10 nitrogen and oxygen atoms in total. The minimum atomic E-state index is -0.536. The fourth-order valence-corrected chi connectivity index (χ4v) is 6.52. The lowest BCUT2D eigenvalue weighted by Crippen LogP contribution is -2.47. The van der Waals surface area contributed by atoms with Gasteiger partial charge in [-0.05, 0) is 89.2 Å². The molecule has 3 aromatic heterocycles. The highest BCUT2D eigenvalue weighted by Gasteiger charge is 2.57. The number of rotatable bonds is 8. The quantitative estimate of drug-likeness (QED) is 0.219. The van der Waals surface area contributed by atoms with Crippen molar-refractivity contribution in [3.05, 3.63) is 64.7 Å². The summed E-state index contributed by atoms with van der Waals surface area (Å²) < 4.78 is 7.52. The van der Waals surface area contributed by atoms with Crippen LogP contribution in [0.25, 0.3) is 22.0 Å². The van der Waals surface area contributed by atoms with E-state index in [2.05, 4.69) is 36.2 Å². The van der Waals surface area contributed by atoms with Crippen molar-refractivity contribution in [1.29, 1.82) is 0 Å². The molecule has 0 unspecified atom stereocenters. The maximum absolute atomic E-state index is 13.7. The second-order valence-electron chi connectivity index (χ2n) is 11.4. The van der Waals surface area contributed by atoms with E-state index in [0.717, 1.165) is 46.9 Å². The van der Waals surface area contributed by atoms with Crippen molar-refractivity contribution in [1.82, 2.24) is 24.4 Å². The molecule has 0 radical (unpaired) electrons. The van der Waals surface area contributed by atoms with E-state index in [4.69, 9.17) is 4.74 Å². The summed E-state index contributed by atoms with van der Waals surface area (Å²) in [5, 5.41) is 3.80. The van der Waals surface area contributed by atoms with Crippen molar-refractivity contribution >= 4 is 50.2 Å². The van der Waals surface area contributed by atoms with Crippen LogP contribution in [0.1, 0.15) is 48.0 Å². The number of fused-ring (bicyclic) bond motifs is 2. The van der Waals surface area contributed by atoms with Crippen LogP contribution in [0.2, 0.25) is 0 Å². The van der Waals surface area contributed by atoms with Crippen LogP contribution in [0.4, 0.5) is 5.82 Å². The van der Waals surface area contributed by atoms with Gasteiger partial charge in [0.15, 0.2) is 5.78 Å². The number of halogens is 1. The van der Waals surface area contributed by atoms with Crippen LogP contribution in [0, 0.1) is 11.8 Å². The van der Waals surface area contributed by atoms with Crippen molar-refractivity contribution in [3.8, 4) is 17.1 Å². The Morgan fingerprint density at radius 1 is 1.10 bits per heavy atom. The molecule has 3 fully saturated rings. The number of hydrogen-bond donors (Lipinski definition) is 1. The third kappa shape index (κ3) is 4.85. The number of aromatic nitrogens is 4. The average molecular weight is 630 g/mol. The molecular weight excluding hydrogens is 600 g/mol. The van der Waals surface area contributed by atoms with Crippen LogP contribution in [-0.2, 0) is 16.1 Å². The van der Waals surface area contributed by atoms with Crippen molar-refractivity contribution < 1.29 is 19.1 Å². The minimum absolute atomic E-state index is 0.0282. The van der Waals surface area contributed by atoms with E-state index in [-0.39, 0.29) is 36.1 Å². The fraction of sp³-hybridized carbons (Fsp3) is 0.355. The van der Waals surface area contributed by atoms with Crippen molar-refractivity contribution in [2.45, 2.75) is 44.7 Å². The van der Waals surface area contributed by atoms with Gasteiger partial charge in [0.25, 0.3) is 0 Å². The Labute approximate surface area is 250 Å². The zero-order valence-electron chi connectivity index (χ0n) is 23.2. The average Bonchev–Trinajstić information content (AvgIpc) is 3.91. The van der Waals surface area contributed by atoms with Gasteiger partial charge in [0.2, 0.25) is 11.8 Å². The van der Waals surface area contributed by atoms with Crippen LogP contribution in [0.3, 0.4) is 0 Å². The lowest BCUT2D eigenvalue weighted by atomic mass is 10.0. The lowest BCUT2D eigenvalue weighted by Gasteiger charge is -2.27. The van der Waals surface area contributed by atoms with Crippen LogP contribution < -0.4 is 10.1 Å². The summed E-state index contributed by atoms with van der Waals surface area (Å²) in [6.45, 7) is 2.11. The second-order valence-corrected chi connectivity index (χ2v) is 12.2.